The molecule has 1 aliphatic rings. The highest BCUT2D eigenvalue weighted by Crippen LogP contribution is 2.22. The van der Waals surface area contributed by atoms with Crippen molar-refractivity contribution >= 4 is 17.5 Å². The molecule has 0 atom stereocenters. The number of aryl methyl sites for hydroxylation is 2. The van der Waals surface area contributed by atoms with Gasteiger partial charge in [-0.25, -0.2) is 0 Å². The van der Waals surface area contributed by atoms with Crippen LogP contribution < -0.4 is 5.32 Å². The van der Waals surface area contributed by atoms with E-state index in [-0.39, 0.29) is 18.4 Å². The minimum atomic E-state index is -0.188. The maximum Gasteiger partial charge on any atom is 0.258 e. The first kappa shape index (κ1) is 13.4. The number of anilines is 1. The summed E-state index contributed by atoms with van der Waals surface area (Å²) in [6, 6.07) is 7.51. The zero-order valence-electron chi connectivity index (χ0n) is 11.9. The Labute approximate surface area is 122 Å². The smallest absolute Gasteiger partial charge is 0.258 e. The third kappa shape index (κ3) is 2.40. The molecule has 0 bridgehead atoms. The molecule has 2 amide bonds. The first-order valence-electron chi connectivity index (χ1n) is 6.75. The molecule has 3 rings (SSSR count). The average Bonchev–Trinajstić information content (AvgIpc) is 2.69. The molecule has 2 heterocycles. The lowest BCUT2D eigenvalue weighted by Crippen LogP contribution is -2.35. The highest BCUT2D eigenvalue weighted by atomic mass is 16.2. The van der Waals surface area contributed by atoms with Crippen LogP contribution in [-0.2, 0) is 11.3 Å². The molecule has 2 aromatic rings. The minimum absolute atomic E-state index is 0.0393. The Balaban J connectivity index is 1.96. The van der Waals surface area contributed by atoms with E-state index < -0.39 is 0 Å². The number of aromatic amines is 1. The number of nitrogens with one attached hydrogen (secondary N) is 2. The predicted molar refractivity (Wildman–Crippen MR) is 77.9 cm³/mol. The van der Waals surface area contributed by atoms with Crippen molar-refractivity contribution in [2.24, 2.45) is 0 Å². The lowest BCUT2D eigenvalue weighted by atomic mass is 10.1. The number of hydrogen-bond acceptors (Lipinski definition) is 3. The molecule has 6 heteroatoms. The van der Waals surface area contributed by atoms with Crippen LogP contribution in [0.15, 0.2) is 24.3 Å². The summed E-state index contributed by atoms with van der Waals surface area (Å²) in [5.41, 5.74) is 3.60. The van der Waals surface area contributed by atoms with Gasteiger partial charge in [-0.1, -0.05) is 18.2 Å². The van der Waals surface area contributed by atoms with E-state index >= 15 is 0 Å². The first-order valence-corrected chi connectivity index (χ1v) is 6.75. The number of benzene rings is 1. The Kier molecular flexibility index (Phi) is 3.21. The molecule has 1 aromatic carbocycles. The van der Waals surface area contributed by atoms with Crippen molar-refractivity contribution in [3.63, 3.8) is 0 Å². The van der Waals surface area contributed by atoms with E-state index in [1.807, 2.05) is 24.3 Å². The molecule has 21 heavy (non-hydrogen) atoms. The number of fused-ring (bicyclic) bond motifs is 1. The van der Waals surface area contributed by atoms with Crippen LogP contribution in [0.5, 0.6) is 0 Å². The third-order valence-electron chi connectivity index (χ3n) is 3.62. The molecule has 2 N–H and O–H groups in total. The Bertz CT molecular complexity index is 701. The number of para-hydroxylation sites is 1. The van der Waals surface area contributed by atoms with Crippen molar-refractivity contribution in [3.8, 4) is 0 Å². The molecule has 0 unspecified atom stereocenters. The maximum atomic E-state index is 12.7. The van der Waals surface area contributed by atoms with Crippen molar-refractivity contribution in [2.75, 3.05) is 11.9 Å². The normalized spacial score (nSPS) is 14.4. The number of carbonyl (C=O) groups is 2. The summed E-state index contributed by atoms with van der Waals surface area (Å²) >= 11 is 0. The van der Waals surface area contributed by atoms with Crippen molar-refractivity contribution in [1.82, 2.24) is 15.1 Å². The molecule has 0 saturated carbocycles. The topological polar surface area (TPSA) is 78.1 Å². The van der Waals surface area contributed by atoms with Gasteiger partial charge in [-0.3, -0.25) is 14.7 Å². The third-order valence-corrected chi connectivity index (χ3v) is 3.62. The fourth-order valence-electron chi connectivity index (χ4n) is 2.57. The molecular formula is C15H16N4O2. The largest absolute Gasteiger partial charge is 0.325 e. The molecular weight excluding hydrogens is 268 g/mol. The lowest BCUT2D eigenvalue weighted by molar-refractivity contribution is -0.116. The molecule has 0 aliphatic carbocycles. The summed E-state index contributed by atoms with van der Waals surface area (Å²) in [5.74, 6) is -0.363. The fraction of sp³-hybridized carbons (Fsp3) is 0.267. The van der Waals surface area contributed by atoms with Crippen LogP contribution in [0, 0.1) is 13.8 Å². The zero-order chi connectivity index (χ0) is 15.0. The summed E-state index contributed by atoms with van der Waals surface area (Å²) in [4.78, 5) is 26.2. The highest BCUT2D eigenvalue weighted by molar-refractivity contribution is 6.01. The van der Waals surface area contributed by atoms with Crippen molar-refractivity contribution in [3.05, 3.63) is 46.8 Å². The van der Waals surface area contributed by atoms with Crippen LogP contribution in [0.1, 0.15) is 27.3 Å². The summed E-state index contributed by atoms with van der Waals surface area (Å²) in [6.07, 6.45) is 0. The van der Waals surface area contributed by atoms with E-state index in [1.54, 1.807) is 18.7 Å². The first-order chi connectivity index (χ1) is 10.1. The summed E-state index contributed by atoms with van der Waals surface area (Å²) in [6.45, 7) is 4.02. The van der Waals surface area contributed by atoms with Crippen LogP contribution in [0.25, 0.3) is 0 Å². The van der Waals surface area contributed by atoms with Crippen molar-refractivity contribution in [1.29, 1.82) is 0 Å². The van der Waals surface area contributed by atoms with Gasteiger partial charge in [0.25, 0.3) is 5.91 Å². The van der Waals surface area contributed by atoms with E-state index in [9.17, 15) is 9.59 Å². The van der Waals surface area contributed by atoms with E-state index in [0.29, 0.717) is 17.8 Å². The van der Waals surface area contributed by atoms with Gasteiger partial charge >= 0.3 is 0 Å². The zero-order valence-corrected chi connectivity index (χ0v) is 11.9. The molecule has 0 spiro atoms. The van der Waals surface area contributed by atoms with Gasteiger partial charge in [0.15, 0.2) is 0 Å². The second kappa shape index (κ2) is 5.05. The summed E-state index contributed by atoms with van der Waals surface area (Å²) in [7, 11) is 0. The van der Waals surface area contributed by atoms with Gasteiger partial charge in [-0.05, 0) is 25.5 Å². The van der Waals surface area contributed by atoms with Gasteiger partial charge in [0, 0.05) is 17.9 Å². The van der Waals surface area contributed by atoms with Gasteiger partial charge in [0.2, 0.25) is 5.91 Å². The molecule has 0 fully saturated rings. The van der Waals surface area contributed by atoms with Gasteiger partial charge in [0.1, 0.15) is 6.54 Å². The Morgan fingerprint density at radius 1 is 1.24 bits per heavy atom. The Morgan fingerprint density at radius 3 is 2.71 bits per heavy atom. The predicted octanol–water partition coefficient (Wildman–Crippen LogP) is 1.62. The average molecular weight is 284 g/mol. The van der Waals surface area contributed by atoms with Gasteiger partial charge in [-0.2, -0.15) is 5.10 Å². The number of rotatable bonds is 1. The van der Waals surface area contributed by atoms with Crippen molar-refractivity contribution < 1.29 is 9.59 Å². The Morgan fingerprint density at radius 2 is 2.00 bits per heavy atom. The Hall–Kier alpha value is -2.63. The molecule has 108 valence electrons. The number of carbonyl (C=O) groups excluding carboxylic acids is 2. The summed E-state index contributed by atoms with van der Waals surface area (Å²) in [5, 5.41) is 9.68. The fourth-order valence-corrected chi connectivity index (χ4v) is 2.57. The monoisotopic (exact) mass is 284 g/mol. The SMILES string of the molecule is Cc1n[nH]c(C)c1C(=O)N1CC(=O)Nc2ccccc2C1. The minimum Gasteiger partial charge on any atom is -0.325 e. The van der Waals surface area contributed by atoms with E-state index in [4.69, 9.17) is 0 Å². The number of aromatic nitrogens is 2. The van der Waals surface area contributed by atoms with Gasteiger partial charge in [0.05, 0.1) is 11.3 Å². The quantitative estimate of drug-likeness (QED) is 0.835. The van der Waals surface area contributed by atoms with Crippen molar-refractivity contribution in [2.45, 2.75) is 20.4 Å². The number of hydrogen-bond donors (Lipinski definition) is 2. The molecule has 6 nitrogen and oxygen atoms in total. The molecule has 0 saturated heterocycles. The molecule has 1 aliphatic heterocycles. The van der Waals surface area contributed by atoms with Crippen LogP contribution in [-0.4, -0.2) is 33.5 Å². The maximum absolute atomic E-state index is 12.7. The van der Waals surface area contributed by atoms with Gasteiger partial charge < -0.3 is 10.2 Å². The number of H-pyrrole nitrogens is 1. The second-order valence-corrected chi connectivity index (χ2v) is 5.18. The summed E-state index contributed by atoms with van der Waals surface area (Å²) < 4.78 is 0. The van der Waals surface area contributed by atoms with Crippen LogP contribution in [0.3, 0.4) is 0 Å². The number of nitrogens with zero attached hydrogens (tertiary/aromatic N) is 2. The van der Waals surface area contributed by atoms with Crippen LogP contribution >= 0.6 is 0 Å². The van der Waals surface area contributed by atoms with E-state index in [0.717, 1.165) is 16.9 Å². The van der Waals surface area contributed by atoms with E-state index in [2.05, 4.69) is 15.5 Å². The van der Waals surface area contributed by atoms with Gasteiger partial charge in [-0.15, -0.1) is 0 Å². The van der Waals surface area contributed by atoms with Crippen LogP contribution in [0.4, 0.5) is 5.69 Å². The van der Waals surface area contributed by atoms with Crippen LogP contribution in [0.2, 0.25) is 0 Å². The number of amides is 2. The molecule has 1 aromatic heterocycles. The highest BCUT2D eigenvalue weighted by Gasteiger charge is 2.26. The second-order valence-electron chi connectivity index (χ2n) is 5.18. The lowest BCUT2D eigenvalue weighted by Gasteiger charge is -2.19. The van der Waals surface area contributed by atoms with E-state index in [1.165, 1.54) is 0 Å². The standard InChI is InChI=1S/C15H16N4O2/c1-9-14(10(2)18-17-9)15(21)19-7-11-5-3-4-6-12(11)16-13(20)8-19/h3-6H,7-8H2,1-2H3,(H,16,20)(H,17,18). The molecule has 0 radical (unpaired) electrons.